The van der Waals surface area contributed by atoms with Crippen molar-refractivity contribution in [3.8, 4) is 16.9 Å². The van der Waals surface area contributed by atoms with Crippen LogP contribution < -0.4 is 11.3 Å². The minimum Gasteiger partial charge on any atom is -0.383 e. The van der Waals surface area contributed by atoms with Crippen LogP contribution in [0.4, 0.5) is 10.2 Å². The number of hydrogen-bond acceptors (Lipinski definition) is 5. The Morgan fingerprint density at radius 2 is 1.69 bits per heavy atom. The summed E-state index contributed by atoms with van der Waals surface area (Å²) in [4.78, 5) is 22.4. The van der Waals surface area contributed by atoms with E-state index in [4.69, 9.17) is 10.8 Å². The van der Waals surface area contributed by atoms with Gasteiger partial charge in [0.2, 0.25) is 0 Å². The predicted octanol–water partition coefficient (Wildman–Crippen LogP) is 4.88. The molecule has 0 aliphatic carbocycles. The molecule has 0 saturated heterocycles. The first-order valence-corrected chi connectivity index (χ1v) is 11.4. The summed E-state index contributed by atoms with van der Waals surface area (Å²) in [5.41, 5.74) is 9.55. The third-order valence-corrected chi connectivity index (χ3v) is 6.34. The van der Waals surface area contributed by atoms with Crippen LogP contribution >= 0.6 is 0 Å². The van der Waals surface area contributed by atoms with E-state index in [0.717, 1.165) is 16.5 Å². The second-order valence-electron chi connectivity index (χ2n) is 8.60. The van der Waals surface area contributed by atoms with E-state index < -0.39 is 5.82 Å². The van der Waals surface area contributed by atoms with E-state index in [9.17, 15) is 9.18 Å². The van der Waals surface area contributed by atoms with Gasteiger partial charge in [0.05, 0.1) is 23.0 Å². The van der Waals surface area contributed by atoms with E-state index in [2.05, 4.69) is 9.97 Å². The third-order valence-electron chi connectivity index (χ3n) is 6.34. The largest absolute Gasteiger partial charge is 0.383 e. The number of rotatable bonds is 4. The number of hydrogen-bond donors (Lipinski definition) is 1. The number of para-hydroxylation sites is 1. The van der Waals surface area contributed by atoms with Crippen molar-refractivity contribution in [1.82, 2.24) is 24.3 Å². The molecule has 6 rings (SSSR count). The first-order valence-electron chi connectivity index (χ1n) is 11.4. The maximum absolute atomic E-state index is 15.0. The van der Waals surface area contributed by atoms with Crippen molar-refractivity contribution in [3.63, 3.8) is 0 Å². The molecule has 0 saturated carbocycles. The minimum atomic E-state index is -0.490. The van der Waals surface area contributed by atoms with E-state index >= 15 is 0 Å². The highest BCUT2D eigenvalue weighted by Crippen LogP contribution is 2.30. The second kappa shape index (κ2) is 8.42. The number of nitrogens with two attached hydrogens (primary N) is 1. The summed E-state index contributed by atoms with van der Waals surface area (Å²) < 4.78 is 18.1. The number of pyridine rings is 1. The molecule has 0 aliphatic heterocycles. The zero-order valence-electron chi connectivity index (χ0n) is 19.4. The summed E-state index contributed by atoms with van der Waals surface area (Å²) in [5, 5.41) is 6.77. The van der Waals surface area contributed by atoms with Crippen LogP contribution in [0.15, 0.2) is 90.0 Å². The van der Waals surface area contributed by atoms with Crippen molar-refractivity contribution in [2.24, 2.45) is 0 Å². The van der Waals surface area contributed by atoms with E-state index in [0.29, 0.717) is 33.6 Å². The lowest BCUT2D eigenvalue weighted by molar-refractivity contribution is 0.606. The van der Waals surface area contributed by atoms with Gasteiger partial charge in [-0.15, -0.1) is 0 Å². The van der Waals surface area contributed by atoms with Gasteiger partial charge in [-0.1, -0.05) is 60.7 Å². The molecule has 6 aromatic rings. The molecule has 7 nitrogen and oxygen atoms in total. The normalized spacial score (nSPS) is 11.4. The summed E-state index contributed by atoms with van der Waals surface area (Å²) >= 11 is 0. The average Bonchev–Trinajstić information content (AvgIpc) is 3.25. The van der Waals surface area contributed by atoms with E-state index in [1.54, 1.807) is 22.9 Å². The highest BCUT2D eigenvalue weighted by Gasteiger charge is 2.20. The summed E-state index contributed by atoms with van der Waals surface area (Å²) in [7, 11) is 0. The lowest BCUT2D eigenvalue weighted by atomic mass is 10.1. The Hall–Kier alpha value is -4.85. The predicted molar refractivity (Wildman–Crippen MR) is 139 cm³/mol. The maximum Gasteiger partial charge on any atom is 0.263 e. The molecular weight excluding hydrogens is 455 g/mol. The standard InChI is InChI=1S/C28H21FN6O/c1-17-8-7-11-19-14-20(35(28(36)23(17)19)22-13-6-5-12-21(22)29)15-34-27-24(26(30)31-16-32-27)25(33-34)18-9-3-2-4-10-18/h2-14,16H,15H2,1H3,(H2,30,31,32). The molecule has 0 spiro atoms. The van der Waals surface area contributed by atoms with Gasteiger partial charge in [-0.05, 0) is 36.1 Å². The van der Waals surface area contributed by atoms with E-state index in [1.165, 1.54) is 17.0 Å². The van der Waals surface area contributed by atoms with Crippen molar-refractivity contribution < 1.29 is 4.39 Å². The monoisotopic (exact) mass is 476 g/mol. The minimum absolute atomic E-state index is 0.160. The van der Waals surface area contributed by atoms with Crippen LogP contribution in [0.3, 0.4) is 0 Å². The summed E-state index contributed by atoms with van der Waals surface area (Å²) in [6.07, 6.45) is 1.39. The fourth-order valence-corrected chi connectivity index (χ4v) is 4.69. The lowest BCUT2D eigenvalue weighted by Gasteiger charge is -2.16. The fourth-order valence-electron chi connectivity index (χ4n) is 4.69. The highest BCUT2D eigenvalue weighted by atomic mass is 19.1. The van der Waals surface area contributed by atoms with Gasteiger partial charge in [-0.3, -0.25) is 9.36 Å². The summed E-state index contributed by atoms with van der Waals surface area (Å²) in [5.74, 6) is -0.179. The molecule has 8 heteroatoms. The molecule has 3 aromatic carbocycles. The number of aryl methyl sites for hydroxylation is 1. The van der Waals surface area contributed by atoms with E-state index in [-0.39, 0.29) is 17.8 Å². The molecule has 3 aromatic heterocycles. The first-order chi connectivity index (χ1) is 17.5. The number of nitrogen functional groups attached to an aromatic ring is 1. The van der Waals surface area contributed by atoms with Gasteiger partial charge in [0.1, 0.15) is 23.7 Å². The van der Waals surface area contributed by atoms with Gasteiger partial charge in [0.25, 0.3) is 5.56 Å². The van der Waals surface area contributed by atoms with Crippen molar-refractivity contribution in [2.75, 3.05) is 5.73 Å². The van der Waals surface area contributed by atoms with Gasteiger partial charge in [0.15, 0.2) is 5.65 Å². The molecule has 0 aliphatic rings. The lowest BCUT2D eigenvalue weighted by Crippen LogP contribution is -2.25. The zero-order chi connectivity index (χ0) is 24.8. The Kier molecular flexibility index (Phi) is 5.07. The maximum atomic E-state index is 15.0. The fraction of sp³-hybridized carbons (Fsp3) is 0.0714. The van der Waals surface area contributed by atoms with Gasteiger partial charge in [-0.2, -0.15) is 5.10 Å². The van der Waals surface area contributed by atoms with Crippen LogP contribution in [0.5, 0.6) is 0 Å². The molecule has 0 bridgehead atoms. The molecule has 0 amide bonds. The number of benzene rings is 3. The Morgan fingerprint density at radius 1 is 0.917 bits per heavy atom. The Balaban J connectivity index is 1.63. The molecule has 0 fully saturated rings. The van der Waals surface area contributed by atoms with Gasteiger partial charge in [0, 0.05) is 11.3 Å². The van der Waals surface area contributed by atoms with Crippen LogP contribution in [0.1, 0.15) is 11.3 Å². The van der Waals surface area contributed by atoms with Crippen molar-refractivity contribution >= 4 is 27.6 Å². The van der Waals surface area contributed by atoms with E-state index in [1.807, 2.05) is 61.5 Å². The number of aromatic nitrogens is 5. The highest BCUT2D eigenvalue weighted by molar-refractivity contribution is 5.98. The topological polar surface area (TPSA) is 91.6 Å². The second-order valence-corrected chi connectivity index (χ2v) is 8.60. The molecule has 3 heterocycles. The summed E-state index contributed by atoms with van der Waals surface area (Å²) in [6, 6.07) is 23.5. The molecular formula is C28H21FN6O. The molecule has 0 atom stereocenters. The number of anilines is 1. The number of halogens is 1. The van der Waals surface area contributed by atoms with Crippen LogP contribution in [0, 0.1) is 12.7 Å². The zero-order valence-corrected chi connectivity index (χ0v) is 19.4. The Bertz CT molecular complexity index is 1820. The first kappa shape index (κ1) is 21.7. The SMILES string of the molecule is Cc1cccc2cc(Cn3nc(-c4ccccc4)c4c(N)ncnc43)n(-c3ccccc3F)c(=O)c12. The van der Waals surface area contributed by atoms with Crippen molar-refractivity contribution in [3.05, 3.63) is 113 Å². The van der Waals surface area contributed by atoms with Crippen molar-refractivity contribution in [1.29, 1.82) is 0 Å². The number of nitrogens with zero attached hydrogens (tertiary/aromatic N) is 5. The van der Waals surface area contributed by atoms with Gasteiger partial charge >= 0.3 is 0 Å². The van der Waals surface area contributed by atoms with Gasteiger partial charge in [-0.25, -0.2) is 19.0 Å². The molecule has 0 unspecified atom stereocenters. The van der Waals surface area contributed by atoms with Gasteiger partial charge < -0.3 is 5.73 Å². The smallest absolute Gasteiger partial charge is 0.263 e. The third kappa shape index (κ3) is 3.42. The Morgan fingerprint density at radius 3 is 2.50 bits per heavy atom. The molecule has 176 valence electrons. The molecule has 0 radical (unpaired) electrons. The quantitative estimate of drug-likeness (QED) is 0.392. The number of fused-ring (bicyclic) bond motifs is 2. The summed E-state index contributed by atoms with van der Waals surface area (Å²) in [6.45, 7) is 2.04. The average molecular weight is 477 g/mol. The molecule has 2 N–H and O–H groups in total. The Labute approximate surface area is 205 Å². The van der Waals surface area contributed by atoms with Crippen molar-refractivity contribution in [2.45, 2.75) is 13.5 Å². The van der Waals surface area contributed by atoms with Crippen LogP contribution in [-0.2, 0) is 6.54 Å². The van der Waals surface area contributed by atoms with Crippen LogP contribution in [-0.4, -0.2) is 24.3 Å². The van der Waals surface area contributed by atoms with Crippen LogP contribution in [0.25, 0.3) is 38.8 Å². The molecule has 36 heavy (non-hydrogen) atoms. The van der Waals surface area contributed by atoms with Crippen LogP contribution in [0.2, 0.25) is 0 Å².